The van der Waals surface area contributed by atoms with Crippen molar-refractivity contribution < 1.29 is 0 Å². The third kappa shape index (κ3) is 3.73. The standard InChI is InChI=1S/C17H14Cl2/c1-2-3-10-17(13-6-4-8-15(18)11-13)14-7-5-9-16(19)12-14/h2-12H,1H3/b3-2+. The lowest BCUT2D eigenvalue weighted by Gasteiger charge is -2.08. The molecule has 0 atom stereocenters. The van der Waals surface area contributed by atoms with Gasteiger partial charge >= 0.3 is 0 Å². The summed E-state index contributed by atoms with van der Waals surface area (Å²) in [4.78, 5) is 0. The Labute approximate surface area is 124 Å². The van der Waals surface area contributed by atoms with Crippen LogP contribution in [0.25, 0.3) is 5.57 Å². The molecule has 2 rings (SSSR count). The molecule has 0 radical (unpaired) electrons. The third-order valence-electron chi connectivity index (χ3n) is 2.73. The van der Waals surface area contributed by atoms with Crippen LogP contribution in [0.15, 0.2) is 66.8 Å². The lowest BCUT2D eigenvalue weighted by atomic mass is 9.97. The highest BCUT2D eigenvalue weighted by Gasteiger charge is 2.05. The van der Waals surface area contributed by atoms with Gasteiger partial charge in [0.2, 0.25) is 0 Å². The second-order valence-electron chi connectivity index (χ2n) is 4.13. The molecule has 0 spiro atoms. The van der Waals surface area contributed by atoms with Gasteiger partial charge in [-0.1, -0.05) is 65.7 Å². The fourth-order valence-corrected chi connectivity index (χ4v) is 2.24. The first-order valence-corrected chi connectivity index (χ1v) is 6.81. The topological polar surface area (TPSA) is 0 Å². The largest absolute Gasteiger partial charge is 0.0876 e. The average molecular weight is 289 g/mol. The average Bonchev–Trinajstić information content (AvgIpc) is 2.39. The first-order chi connectivity index (χ1) is 9.20. The predicted molar refractivity (Wildman–Crippen MR) is 84.8 cm³/mol. The van der Waals surface area contributed by atoms with E-state index in [2.05, 4.69) is 6.08 Å². The lowest BCUT2D eigenvalue weighted by molar-refractivity contribution is 1.54. The molecular weight excluding hydrogens is 275 g/mol. The van der Waals surface area contributed by atoms with Gasteiger partial charge in [-0.15, -0.1) is 0 Å². The van der Waals surface area contributed by atoms with Gasteiger partial charge in [0.1, 0.15) is 0 Å². The molecule has 0 aliphatic carbocycles. The second-order valence-corrected chi connectivity index (χ2v) is 5.00. The molecule has 0 aromatic heterocycles. The predicted octanol–water partition coefficient (Wildman–Crippen LogP) is 6.00. The van der Waals surface area contributed by atoms with Crippen molar-refractivity contribution in [2.45, 2.75) is 6.92 Å². The number of allylic oxidation sites excluding steroid dienone is 3. The fraction of sp³-hybridized carbons (Fsp3) is 0.0588. The summed E-state index contributed by atoms with van der Waals surface area (Å²) in [6, 6.07) is 15.6. The Kier molecular flexibility index (Phi) is 4.84. The summed E-state index contributed by atoms with van der Waals surface area (Å²) >= 11 is 12.1. The highest BCUT2D eigenvalue weighted by atomic mass is 35.5. The molecule has 0 amide bonds. The van der Waals surface area contributed by atoms with Gasteiger partial charge in [0.25, 0.3) is 0 Å². The minimum Gasteiger partial charge on any atom is -0.0876 e. The number of hydrogen-bond donors (Lipinski definition) is 0. The highest BCUT2D eigenvalue weighted by Crippen LogP contribution is 2.27. The zero-order valence-corrected chi connectivity index (χ0v) is 12.1. The summed E-state index contributed by atoms with van der Waals surface area (Å²) in [5.74, 6) is 0. The Morgan fingerprint density at radius 3 is 1.84 bits per heavy atom. The molecule has 19 heavy (non-hydrogen) atoms. The van der Waals surface area contributed by atoms with Gasteiger partial charge in [-0.2, -0.15) is 0 Å². The van der Waals surface area contributed by atoms with Gasteiger partial charge < -0.3 is 0 Å². The molecule has 0 aliphatic heterocycles. The van der Waals surface area contributed by atoms with Gasteiger partial charge in [-0.25, -0.2) is 0 Å². The Morgan fingerprint density at radius 1 is 0.895 bits per heavy atom. The summed E-state index contributed by atoms with van der Waals surface area (Å²) in [6.07, 6.45) is 6.07. The molecule has 2 aromatic rings. The van der Waals surface area contributed by atoms with Crippen molar-refractivity contribution in [1.82, 2.24) is 0 Å². The van der Waals surface area contributed by atoms with Crippen molar-refractivity contribution in [1.29, 1.82) is 0 Å². The third-order valence-corrected chi connectivity index (χ3v) is 3.20. The first kappa shape index (κ1) is 13.9. The molecule has 0 heterocycles. The first-order valence-electron chi connectivity index (χ1n) is 6.05. The number of hydrogen-bond acceptors (Lipinski definition) is 0. The Morgan fingerprint density at radius 2 is 1.42 bits per heavy atom. The number of rotatable bonds is 3. The van der Waals surface area contributed by atoms with Crippen LogP contribution in [0.5, 0.6) is 0 Å². The SMILES string of the molecule is C/C=C/C=C(c1cccc(Cl)c1)c1cccc(Cl)c1. The van der Waals surface area contributed by atoms with Gasteiger partial charge in [0.05, 0.1) is 0 Å². The van der Waals surface area contributed by atoms with Gasteiger partial charge in [-0.3, -0.25) is 0 Å². The zero-order valence-electron chi connectivity index (χ0n) is 10.6. The molecule has 0 saturated carbocycles. The van der Waals surface area contributed by atoms with Crippen molar-refractivity contribution >= 4 is 28.8 Å². The normalized spacial score (nSPS) is 10.7. The summed E-state index contributed by atoms with van der Waals surface area (Å²) in [5.41, 5.74) is 3.25. The highest BCUT2D eigenvalue weighted by molar-refractivity contribution is 6.31. The summed E-state index contributed by atoms with van der Waals surface area (Å²) in [5, 5.41) is 1.46. The molecule has 0 fully saturated rings. The van der Waals surface area contributed by atoms with Crippen LogP contribution in [-0.2, 0) is 0 Å². The molecule has 0 N–H and O–H groups in total. The van der Waals surface area contributed by atoms with Gasteiger partial charge in [0.15, 0.2) is 0 Å². The fourth-order valence-electron chi connectivity index (χ4n) is 1.86. The summed E-state index contributed by atoms with van der Waals surface area (Å²) in [6.45, 7) is 1.99. The Bertz CT molecular complexity index is 577. The summed E-state index contributed by atoms with van der Waals surface area (Å²) < 4.78 is 0. The lowest BCUT2D eigenvalue weighted by Crippen LogP contribution is -1.88. The van der Waals surface area contributed by atoms with Crippen LogP contribution in [0.3, 0.4) is 0 Å². The van der Waals surface area contributed by atoms with E-state index in [1.807, 2.05) is 67.6 Å². The number of halogens is 2. The van der Waals surface area contributed by atoms with Crippen LogP contribution in [0.2, 0.25) is 10.0 Å². The quantitative estimate of drug-likeness (QED) is 0.608. The molecule has 2 aromatic carbocycles. The maximum Gasteiger partial charge on any atom is 0.0412 e. The molecule has 0 saturated heterocycles. The monoisotopic (exact) mass is 288 g/mol. The second kappa shape index (κ2) is 6.60. The summed E-state index contributed by atoms with van der Waals surface area (Å²) in [7, 11) is 0. The molecule has 0 aliphatic rings. The van der Waals surface area contributed by atoms with Crippen LogP contribution in [0.1, 0.15) is 18.1 Å². The minimum absolute atomic E-state index is 0.728. The van der Waals surface area contributed by atoms with E-state index in [9.17, 15) is 0 Å². The van der Waals surface area contributed by atoms with Crippen LogP contribution in [0, 0.1) is 0 Å². The van der Waals surface area contributed by atoms with E-state index in [0.29, 0.717) is 0 Å². The van der Waals surface area contributed by atoms with Crippen molar-refractivity contribution in [3.05, 3.63) is 87.9 Å². The minimum atomic E-state index is 0.728. The van der Waals surface area contributed by atoms with E-state index in [1.54, 1.807) is 0 Å². The van der Waals surface area contributed by atoms with Crippen molar-refractivity contribution in [2.75, 3.05) is 0 Å². The Balaban J connectivity index is 2.54. The van der Waals surface area contributed by atoms with Gasteiger partial charge in [0, 0.05) is 10.0 Å². The van der Waals surface area contributed by atoms with Crippen LogP contribution in [-0.4, -0.2) is 0 Å². The molecule has 0 unspecified atom stereocenters. The maximum absolute atomic E-state index is 6.07. The van der Waals surface area contributed by atoms with Crippen LogP contribution >= 0.6 is 23.2 Å². The van der Waals surface area contributed by atoms with E-state index in [-0.39, 0.29) is 0 Å². The van der Waals surface area contributed by atoms with E-state index >= 15 is 0 Å². The molecular formula is C17H14Cl2. The maximum atomic E-state index is 6.07. The number of benzene rings is 2. The van der Waals surface area contributed by atoms with E-state index in [4.69, 9.17) is 23.2 Å². The van der Waals surface area contributed by atoms with Crippen molar-refractivity contribution in [3.8, 4) is 0 Å². The smallest absolute Gasteiger partial charge is 0.0412 e. The van der Waals surface area contributed by atoms with Crippen LogP contribution in [0.4, 0.5) is 0 Å². The van der Waals surface area contributed by atoms with Gasteiger partial charge in [-0.05, 0) is 47.9 Å². The zero-order chi connectivity index (χ0) is 13.7. The molecule has 2 heteroatoms. The van der Waals surface area contributed by atoms with E-state index in [1.165, 1.54) is 0 Å². The molecule has 0 nitrogen and oxygen atoms in total. The van der Waals surface area contributed by atoms with Crippen molar-refractivity contribution in [2.24, 2.45) is 0 Å². The van der Waals surface area contributed by atoms with Crippen LogP contribution < -0.4 is 0 Å². The molecule has 96 valence electrons. The van der Waals surface area contributed by atoms with Crippen molar-refractivity contribution in [3.63, 3.8) is 0 Å². The van der Waals surface area contributed by atoms with E-state index in [0.717, 1.165) is 26.7 Å². The van der Waals surface area contributed by atoms with E-state index < -0.39 is 0 Å². The Hall–Kier alpha value is -1.50. The molecule has 0 bridgehead atoms.